The summed E-state index contributed by atoms with van der Waals surface area (Å²) in [6, 6.07) is 7.15. The molecule has 0 aliphatic heterocycles. The van der Waals surface area contributed by atoms with E-state index in [0.717, 1.165) is 16.6 Å². The summed E-state index contributed by atoms with van der Waals surface area (Å²) < 4.78 is 5.61. The molecule has 2 aromatic heterocycles. The van der Waals surface area contributed by atoms with E-state index in [1.54, 1.807) is 18.3 Å². The van der Waals surface area contributed by atoms with Crippen molar-refractivity contribution >= 4 is 34.4 Å². The molecule has 0 saturated carbocycles. The molecule has 0 fully saturated rings. The summed E-state index contributed by atoms with van der Waals surface area (Å²) in [6.45, 7) is 1.96. The van der Waals surface area contributed by atoms with Crippen molar-refractivity contribution in [3.8, 4) is 11.5 Å². The molecule has 3 rings (SSSR count). The van der Waals surface area contributed by atoms with Gasteiger partial charge in [-0.25, -0.2) is 9.97 Å². The molecule has 0 amide bonds. The zero-order valence-corrected chi connectivity index (χ0v) is 11.0. The lowest BCUT2D eigenvalue weighted by Gasteiger charge is -1.97. The third kappa shape index (κ3) is 1.85. The van der Waals surface area contributed by atoms with Gasteiger partial charge in [-0.3, -0.25) is 0 Å². The van der Waals surface area contributed by atoms with Gasteiger partial charge >= 0.3 is 0 Å². The number of benzene rings is 1. The fraction of sp³-hybridized carbons (Fsp3) is 0.0769. The largest absolute Gasteiger partial charge is 0.418 e. The van der Waals surface area contributed by atoms with Crippen LogP contribution in [0.3, 0.4) is 0 Å². The molecule has 0 aliphatic rings. The van der Waals surface area contributed by atoms with E-state index >= 15 is 0 Å². The lowest BCUT2D eigenvalue weighted by molar-refractivity contribution is 0.608. The highest BCUT2D eigenvalue weighted by Crippen LogP contribution is 2.30. The number of oxazole rings is 1. The summed E-state index contributed by atoms with van der Waals surface area (Å²) in [7, 11) is 0. The molecule has 0 N–H and O–H groups in total. The quantitative estimate of drug-likeness (QED) is 0.658. The van der Waals surface area contributed by atoms with E-state index in [1.165, 1.54) is 0 Å². The topological polar surface area (TPSA) is 38.9 Å². The van der Waals surface area contributed by atoms with Crippen LogP contribution >= 0.6 is 23.2 Å². The van der Waals surface area contributed by atoms with Crippen LogP contribution in [-0.4, -0.2) is 9.97 Å². The van der Waals surface area contributed by atoms with Crippen LogP contribution in [0.1, 0.15) is 5.56 Å². The minimum Gasteiger partial charge on any atom is -0.418 e. The molecule has 18 heavy (non-hydrogen) atoms. The van der Waals surface area contributed by atoms with Crippen molar-refractivity contribution in [2.75, 3.05) is 0 Å². The number of hydrogen-bond donors (Lipinski definition) is 0. The zero-order valence-electron chi connectivity index (χ0n) is 9.45. The van der Waals surface area contributed by atoms with E-state index < -0.39 is 0 Å². The molecule has 0 unspecified atom stereocenters. The highest BCUT2D eigenvalue weighted by Gasteiger charge is 2.11. The first kappa shape index (κ1) is 11.5. The Bertz CT molecular complexity index is 737. The standard InChI is InChI=1S/C13H8Cl2N2O/c1-7-4-5-16-13-11(7)17-12(18-13)8-2-3-9(14)10(15)6-8/h2-6H,1H3. The first-order valence-corrected chi connectivity index (χ1v) is 6.08. The molecular formula is C13H8Cl2N2O. The number of halogens is 2. The van der Waals surface area contributed by atoms with Crippen molar-refractivity contribution in [1.82, 2.24) is 9.97 Å². The van der Waals surface area contributed by atoms with Gasteiger partial charge in [0.2, 0.25) is 11.6 Å². The van der Waals surface area contributed by atoms with Crippen LogP contribution in [0.4, 0.5) is 0 Å². The third-order valence-corrected chi connectivity index (χ3v) is 3.40. The summed E-state index contributed by atoms with van der Waals surface area (Å²) in [5.74, 6) is 0.491. The monoisotopic (exact) mass is 278 g/mol. The maximum Gasteiger partial charge on any atom is 0.247 e. The minimum atomic E-state index is 0.473. The van der Waals surface area contributed by atoms with Gasteiger partial charge in [0.1, 0.15) is 5.52 Å². The predicted molar refractivity (Wildman–Crippen MR) is 72.0 cm³/mol. The average molecular weight is 279 g/mol. The fourth-order valence-electron chi connectivity index (χ4n) is 1.70. The second-order valence-electron chi connectivity index (χ2n) is 3.93. The Kier molecular flexibility index (Phi) is 2.73. The summed E-state index contributed by atoms with van der Waals surface area (Å²) in [6.07, 6.45) is 1.70. The maximum atomic E-state index is 5.98. The number of hydrogen-bond acceptors (Lipinski definition) is 3. The van der Waals surface area contributed by atoms with Crippen LogP contribution in [0.5, 0.6) is 0 Å². The van der Waals surface area contributed by atoms with E-state index in [-0.39, 0.29) is 0 Å². The van der Waals surface area contributed by atoms with Crippen molar-refractivity contribution in [3.63, 3.8) is 0 Å². The molecule has 0 atom stereocenters. The maximum absolute atomic E-state index is 5.98. The Morgan fingerprint density at radius 1 is 1.11 bits per heavy atom. The molecule has 1 aromatic carbocycles. The molecule has 0 aliphatic carbocycles. The van der Waals surface area contributed by atoms with E-state index in [9.17, 15) is 0 Å². The SMILES string of the molecule is Cc1ccnc2oc(-c3ccc(Cl)c(Cl)c3)nc12. The number of fused-ring (bicyclic) bond motifs is 1. The number of aromatic nitrogens is 2. The molecule has 90 valence electrons. The van der Waals surface area contributed by atoms with Gasteiger partial charge in [0.25, 0.3) is 0 Å². The minimum absolute atomic E-state index is 0.473. The highest BCUT2D eigenvalue weighted by molar-refractivity contribution is 6.42. The number of rotatable bonds is 1. The lowest BCUT2D eigenvalue weighted by atomic mass is 10.2. The summed E-state index contributed by atoms with van der Waals surface area (Å²) >= 11 is 11.9. The van der Waals surface area contributed by atoms with E-state index in [4.69, 9.17) is 27.6 Å². The Morgan fingerprint density at radius 3 is 2.67 bits per heavy atom. The Balaban J connectivity index is 2.19. The normalized spacial score (nSPS) is 11.1. The van der Waals surface area contributed by atoms with Crippen molar-refractivity contribution in [3.05, 3.63) is 46.1 Å². The Morgan fingerprint density at radius 2 is 1.94 bits per heavy atom. The van der Waals surface area contributed by atoms with Gasteiger partial charge < -0.3 is 4.42 Å². The van der Waals surface area contributed by atoms with E-state index in [1.807, 2.05) is 19.1 Å². The number of pyridine rings is 1. The molecular weight excluding hydrogens is 271 g/mol. The lowest BCUT2D eigenvalue weighted by Crippen LogP contribution is -1.79. The van der Waals surface area contributed by atoms with Crippen LogP contribution in [0, 0.1) is 6.92 Å². The van der Waals surface area contributed by atoms with Crippen LogP contribution in [0.25, 0.3) is 22.7 Å². The van der Waals surface area contributed by atoms with Crippen LogP contribution < -0.4 is 0 Å². The smallest absolute Gasteiger partial charge is 0.247 e. The fourth-order valence-corrected chi connectivity index (χ4v) is 2.00. The molecule has 5 heteroatoms. The van der Waals surface area contributed by atoms with Crippen LogP contribution in [0.15, 0.2) is 34.9 Å². The van der Waals surface area contributed by atoms with Gasteiger partial charge in [-0.1, -0.05) is 23.2 Å². The third-order valence-electron chi connectivity index (χ3n) is 2.67. The Hall–Kier alpha value is -1.58. The van der Waals surface area contributed by atoms with Gasteiger partial charge in [-0.2, -0.15) is 0 Å². The molecule has 2 heterocycles. The molecule has 3 aromatic rings. The molecule has 0 bridgehead atoms. The summed E-state index contributed by atoms with van der Waals surface area (Å²) in [5.41, 5.74) is 3.09. The van der Waals surface area contributed by atoms with Gasteiger partial charge in [0.05, 0.1) is 10.0 Å². The highest BCUT2D eigenvalue weighted by atomic mass is 35.5. The number of nitrogens with zero attached hydrogens (tertiary/aromatic N) is 2. The van der Waals surface area contributed by atoms with Gasteiger partial charge in [-0.15, -0.1) is 0 Å². The van der Waals surface area contributed by atoms with Gasteiger partial charge in [-0.05, 0) is 36.8 Å². The van der Waals surface area contributed by atoms with Crippen LogP contribution in [0.2, 0.25) is 10.0 Å². The zero-order chi connectivity index (χ0) is 12.7. The number of aryl methyl sites for hydroxylation is 1. The first-order valence-electron chi connectivity index (χ1n) is 5.33. The van der Waals surface area contributed by atoms with Crippen LogP contribution in [-0.2, 0) is 0 Å². The molecule has 3 nitrogen and oxygen atoms in total. The van der Waals surface area contributed by atoms with Crippen molar-refractivity contribution in [2.24, 2.45) is 0 Å². The first-order chi connectivity index (χ1) is 8.65. The average Bonchev–Trinajstić information content (AvgIpc) is 2.78. The van der Waals surface area contributed by atoms with Crippen molar-refractivity contribution in [2.45, 2.75) is 6.92 Å². The molecule has 0 radical (unpaired) electrons. The van der Waals surface area contributed by atoms with E-state index in [0.29, 0.717) is 21.6 Å². The summed E-state index contributed by atoms with van der Waals surface area (Å²) in [5, 5.41) is 0.979. The molecule has 0 saturated heterocycles. The molecule has 0 spiro atoms. The Labute approximate surface area is 113 Å². The predicted octanol–water partition coefficient (Wildman–Crippen LogP) is 4.51. The van der Waals surface area contributed by atoms with Gasteiger partial charge in [0.15, 0.2) is 0 Å². The van der Waals surface area contributed by atoms with Crippen molar-refractivity contribution in [1.29, 1.82) is 0 Å². The van der Waals surface area contributed by atoms with Gasteiger partial charge in [0, 0.05) is 11.8 Å². The second kappa shape index (κ2) is 4.26. The second-order valence-corrected chi connectivity index (χ2v) is 4.74. The van der Waals surface area contributed by atoms with E-state index in [2.05, 4.69) is 9.97 Å². The van der Waals surface area contributed by atoms with Crippen molar-refractivity contribution < 1.29 is 4.42 Å². The summed E-state index contributed by atoms with van der Waals surface area (Å²) in [4.78, 5) is 8.56.